The average molecular weight is 385 g/mol. The summed E-state index contributed by atoms with van der Waals surface area (Å²) >= 11 is 0. The zero-order valence-electron chi connectivity index (χ0n) is 18.6. The van der Waals surface area contributed by atoms with E-state index in [0.717, 1.165) is 19.4 Å². The molecule has 0 spiro atoms. The Balaban J connectivity index is 4.35. The zero-order chi connectivity index (χ0) is 21.1. The van der Waals surface area contributed by atoms with Crippen LogP contribution in [0.4, 0.5) is 0 Å². The molecule has 158 valence electrons. The number of rotatable bonds is 12. The van der Waals surface area contributed by atoms with Crippen LogP contribution in [0.5, 0.6) is 0 Å². The highest BCUT2D eigenvalue weighted by Gasteiger charge is 2.20. The molecular weight excluding hydrogens is 344 g/mol. The third kappa shape index (κ3) is 11.6. The first-order valence-electron chi connectivity index (χ1n) is 9.84. The molecule has 0 saturated heterocycles. The van der Waals surface area contributed by atoms with Gasteiger partial charge >= 0.3 is 0 Å². The van der Waals surface area contributed by atoms with E-state index >= 15 is 0 Å². The largest absolute Gasteiger partial charge is 0.344 e. The second-order valence-corrected chi connectivity index (χ2v) is 8.44. The molecule has 0 unspecified atom stereocenters. The maximum absolute atomic E-state index is 12.3. The van der Waals surface area contributed by atoms with Gasteiger partial charge in [0.25, 0.3) is 0 Å². The quantitative estimate of drug-likeness (QED) is 0.510. The van der Waals surface area contributed by atoms with E-state index in [1.54, 1.807) is 26.0 Å². The summed E-state index contributed by atoms with van der Waals surface area (Å²) < 4.78 is 0. The first-order valence-corrected chi connectivity index (χ1v) is 9.84. The van der Waals surface area contributed by atoms with E-state index in [-0.39, 0.29) is 37.4 Å². The lowest BCUT2D eigenvalue weighted by atomic mass is 10.1. The molecule has 0 aliphatic rings. The summed E-state index contributed by atoms with van der Waals surface area (Å²) in [5.74, 6) is 0.674. The maximum atomic E-state index is 12.3. The SMILES string of the molecule is CC(C)CCCN(C)C(=O)CN(C)C(=O)CN(C)C(=O)CN(C)CC(C)C. The average Bonchev–Trinajstić information content (AvgIpc) is 2.52. The van der Waals surface area contributed by atoms with E-state index in [9.17, 15) is 14.4 Å². The first kappa shape index (κ1) is 25.4. The van der Waals surface area contributed by atoms with Gasteiger partial charge in [0.1, 0.15) is 0 Å². The Labute approximate surface area is 165 Å². The summed E-state index contributed by atoms with van der Waals surface area (Å²) in [7, 11) is 6.89. The predicted molar refractivity (Wildman–Crippen MR) is 109 cm³/mol. The normalized spacial score (nSPS) is 11.2. The fraction of sp³-hybridized carbons (Fsp3) is 0.850. The zero-order valence-corrected chi connectivity index (χ0v) is 18.6. The second-order valence-electron chi connectivity index (χ2n) is 8.44. The van der Waals surface area contributed by atoms with Crippen LogP contribution in [-0.2, 0) is 14.4 Å². The van der Waals surface area contributed by atoms with E-state index in [0.29, 0.717) is 18.4 Å². The van der Waals surface area contributed by atoms with Crippen LogP contribution in [0.15, 0.2) is 0 Å². The third-order valence-electron chi connectivity index (χ3n) is 4.38. The van der Waals surface area contributed by atoms with Gasteiger partial charge in [0, 0.05) is 34.2 Å². The second kappa shape index (κ2) is 12.7. The molecule has 0 aliphatic carbocycles. The summed E-state index contributed by atoms with van der Waals surface area (Å²) in [5, 5.41) is 0. The van der Waals surface area contributed by atoms with Crippen molar-refractivity contribution in [2.24, 2.45) is 11.8 Å². The topological polar surface area (TPSA) is 64.2 Å². The van der Waals surface area contributed by atoms with E-state index in [1.807, 2.05) is 11.9 Å². The van der Waals surface area contributed by atoms with Gasteiger partial charge in [0.05, 0.1) is 19.6 Å². The molecule has 7 heteroatoms. The van der Waals surface area contributed by atoms with Gasteiger partial charge in [-0.2, -0.15) is 0 Å². The van der Waals surface area contributed by atoms with Gasteiger partial charge in [-0.1, -0.05) is 27.7 Å². The number of carbonyl (C=O) groups excluding carboxylic acids is 3. The minimum absolute atomic E-state index is 0.0187. The van der Waals surface area contributed by atoms with Gasteiger partial charge in [-0.15, -0.1) is 0 Å². The summed E-state index contributed by atoms with van der Waals surface area (Å²) in [4.78, 5) is 43.2. The Morgan fingerprint density at radius 1 is 0.667 bits per heavy atom. The standard InChI is InChI=1S/C20H40N4O3/c1-16(2)10-9-11-22(6)19(26)14-24(8)20(27)15-23(7)18(25)13-21(5)12-17(3)4/h16-17H,9-15H2,1-8H3. The van der Waals surface area contributed by atoms with Crippen molar-refractivity contribution in [3.05, 3.63) is 0 Å². The Bertz CT molecular complexity index is 480. The molecule has 7 nitrogen and oxygen atoms in total. The van der Waals surface area contributed by atoms with Crippen LogP contribution in [0.3, 0.4) is 0 Å². The van der Waals surface area contributed by atoms with Crippen LogP contribution in [-0.4, -0.2) is 98.2 Å². The van der Waals surface area contributed by atoms with E-state index in [4.69, 9.17) is 0 Å². The van der Waals surface area contributed by atoms with Crippen LogP contribution >= 0.6 is 0 Å². The number of carbonyl (C=O) groups is 3. The van der Waals surface area contributed by atoms with Gasteiger partial charge in [0.15, 0.2) is 0 Å². The molecule has 0 radical (unpaired) electrons. The molecule has 3 amide bonds. The summed E-state index contributed by atoms with van der Waals surface area (Å²) in [6.07, 6.45) is 2.03. The maximum Gasteiger partial charge on any atom is 0.242 e. The lowest BCUT2D eigenvalue weighted by Crippen LogP contribution is -2.46. The molecule has 0 fully saturated rings. The van der Waals surface area contributed by atoms with Crippen molar-refractivity contribution in [1.29, 1.82) is 0 Å². The molecule has 0 aliphatic heterocycles. The molecule has 0 heterocycles. The molecule has 0 aromatic carbocycles. The monoisotopic (exact) mass is 384 g/mol. The highest BCUT2D eigenvalue weighted by Crippen LogP contribution is 2.04. The molecule has 0 saturated carbocycles. The molecule has 0 bridgehead atoms. The van der Waals surface area contributed by atoms with Gasteiger partial charge in [-0.05, 0) is 31.7 Å². The van der Waals surface area contributed by atoms with Crippen LogP contribution in [0.2, 0.25) is 0 Å². The Hall–Kier alpha value is -1.63. The first-order chi connectivity index (χ1) is 12.4. The number of hydrogen-bond donors (Lipinski definition) is 0. The minimum atomic E-state index is -0.235. The molecule has 0 aromatic rings. The highest BCUT2D eigenvalue weighted by molar-refractivity contribution is 5.88. The summed E-state index contributed by atoms with van der Waals surface area (Å²) in [6.45, 7) is 10.3. The summed E-state index contributed by atoms with van der Waals surface area (Å²) in [6, 6.07) is 0. The van der Waals surface area contributed by atoms with Gasteiger partial charge < -0.3 is 14.7 Å². The number of hydrogen-bond acceptors (Lipinski definition) is 4. The van der Waals surface area contributed by atoms with Crippen LogP contribution in [0.1, 0.15) is 40.5 Å². The molecule has 0 N–H and O–H groups in total. The van der Waals surface area contributed by atoms with Crippen molar-refractivity contribution in [2.75, 3.05) is 60.9 Å². The van der Waals surface area contributed by atoms with Gasteiger partial charge in [-0.25, -0.2) is 0 Å². The Morgan fingerprint density at radius 2 is 1.11 bits per heavy atom. The van der Waals surface area contributed by atoms with Crippen molar-refractivity contribution in [2.45, 2.75) is 40.5 Å². The van der Waals surface area contributed by atoms with Crippen molar-refractivity contribution < 1.29 is 14.4 Å². The fourth-order valence-electron chi connectivity index (χ4n) is 2.72. The summed E-state index contributed by atoms with van der Waals surface area (Å²) in [5.41, 5.74) is 0. The van der Waals surface area contributed by atoms with E-state index in [2.05, 4.69) is 27.7 Å². The molecule has 0 atom stereocenters. The number of likely N-dealkylation sites (N-methyl/N-ethyl adjacent to an activating group) is 4. The molecule has 0 rings (SSSR count). The Morgan fingerprint density at radius 3 is 1.56 bits per heavy atom. The van der Waals surface area contributed by atoms with Crippen molar-refractivity contribution >= 4 is 17.7 Å². The van der Waals surface area contributed by atoms with Crippen molar-refractivity contribution in [3.63, 3.8) is 0 Å². The lowest BCUT2D eigenvalue weighted by molar-refractivity contribution is -0.142. The lowest BCUT2D eigenvalue weighted by Gasteiger charge is -2.26. The van der Waals surface area contributed by atoms with Gasteiger partial charge in [0.2, 0.25) is 17.7 Å². The van der Waals surface area contributed by atoms with E-state index < -0.39 is 0 Å². The third-order valence-corrected chi connectivity index (χ3v) is 4.38. The number of nitrogens with zero attached hydrogens (tertiary/aromatic N) is 4. The van der Waals surface area contributed by atoms with E-state index in [1.165, 1.54) is 9.80 Å². The van der Waals surface area contributed by atoms with Crippen molar-refractivity contribution in [1.82, 2.24) is 19.6 Å². The highest BCUT2D eigenvalue weighted by atomic mass is 16.2. The van der Waals surface area contributed by atoms with Gasteiger partial charge in [-0.3, -0.25) is 19.3 Å². The van der Waals surface area contributed by atoms with Crippen LogP contribution < -0.4 is 0 Å². The molecule has 27 heavy (non-hydrogen) atoms. The molecule has 0 aromatic heterocycles. The molecular formula is C20H40N4O3. The fourth-order valence-corrected chi connectivity index (χ4v) is 2.72. The predicted octanol–water partition coefficient (Wildman–Crippen LogP) is 1.39. The van der Waals surface area contributed by atoms with Crippen LogP contribution in [0.25, 0.3) is 0 Å². The van der Waals surface area contributed by atoms with Crippen molar-refractivity contribution in [3.8, 4) is 0 Å². The van der Waals surface area contributed by atoms with Crippen LogP contribution in [0, 0.1) is 11.8 Å². The Kier molecular flexibility index (Phi) is 11.9. The minimum Gasteiger partial charge on any atom is -0.344 e. The smallest absolute Gasteiger partial charge is 0.242 e. The number of amides is 3.